The third-order valence-electron chi connectivity index (χ3n) is 3.74. The van der Waals surface area contributed by atoms with Gasteiger partial charge in [-0.3, -0.25) is 4.79 Å². The highest BCUT2D eigenvalue weighted by molar-refractivity contribution is 5.95. The van der Waals surface area contributed by atoms with Crippen molar-refractivity contribution in [2.24, 2.45) is 11.7 Å². The first-order chi connectivity index (χ1) is 12.3. The molecule has 0 bridgehead atoms. The number of ether oxygens (including phenoxy) is 1. The zero-order valence-corrected chi connectivity index (χ0v) is 14.7. The Bertz CT molecular complexity index is 771. The molecule has 0 unspecified atom stereocenters. The molecule has 0 saturated carbocycles. The lowest BCUT2D eigenvalue weighted by atomic mass is 10.1. The van der Waals surface area contributed by atoms with Crippen LogP contribution in [0.25, 0.3) is 0 Å². The summed E-state index contributed by atoms with van der Waals surface area (Å²) in [7, 11) is 0. The maximum atomic E-state index is 14.2. The molecule has 0 fully saturated rings. The van der Waals surface area contributed by atoms with E-state index in [1.807, 2.05) is 0 Å². The van der Waals surface area contributed by atoms with E-state index < -0.39 is 29.0 Å². The molecule has 0 saturated heterocycles. The van der Waals surface area contributed by atoms with Gasteiger partial charge in [-0.15, -0.1) is 0 Å². The predicted molar refractivity (Wildman–Crippen MR) is 94.2 cm³/mol. The first-order valence-electron chi connectivity index (χ1n) is 8.27. The van der Waals surface area contributed by atoms with Gasteiger partial charge < -0.3 is 20.9 Å². The molecule has 0 aliphatic heterocycles. The zero-order chi connectivity index (χ0) is 19.3. The quantitative estimate of drug-likeness (QED) is 0.624. The number of phenols is 1. The molecule has 0 atom stereocenters. The van der Waals surface area contributed by atoms with Gasteiger partial charge in [-0.1, -0.05) is 13.8 Å². The third-order valence-corrected chi connectivity index (χ3v) is 3.74. The summed E-state index contributed by atoms with van der Waals surface area (Å²) < 4.78 is 33.6. The fourth-order valence-electron chi connectivity index (χ4n) is 2.34. The molecule has 140 valence electrons. The standard InChI is InChI=1S/C19H22F2N2O3/c1-11(2)5-6-23-10-12-7-15(20)18(16(21)8-12)26-13-3-4-14(19(22)25)17(24)9-13/h3-4,7-9,11,23-24H,5-6,10H2,1-2H3,(H2,22,25). The number of carbonyl (C=O) groups excluding carboxylic acids is 1. The van der Waals surface area contributed by atoms with Crippen LogP contribution in [0.5, 0.6) is 17.2 Å². The predicted octanol–water partition coefficient (Wildman–Crippen LogP) is 3.70. The topological polar surface area (TPSA) is 84.6 Å². The number of carbonyl (C=O) groups is 1. The number of benzene rings is 2. The van der Waals surface area contributed by atoms with Gasteiger partial charge in [-0.05, 0) is 48.7 Å². The van der Waals surface area contributed by atoms with Crippen molar-refractivity contribution in [2.75, 3.05) is 6.54 Å². The van der Waals surface area contributed by atoms with Crippen molar-refractivity contribution in [3.8, 4) is 17.2 Å². The molecular weight excluding hydrogens is 342 g/mol. The van der Waals surface area contributed by atoms with Gasteiger partial charge in [0.05, 0.1) is 5.56 Å². The van der Waals surface area contributed by atoms with Gasteiger partial charge in [-0.2, -0.15) is 0 Å². The highest BCUT2D eigenvalue weighted by atomic mass is 19.1. The van der Waals surface area contributed by atoms with Crippen molar-refractivity contribution in [3.63, 3.8) is 0 Å². The second-order valence-electron chi connectivity index (χ2n) is 6.39. The lowest BCUT2D eigenvalue weighted by Gasteiger charge is -2.12. The van der Waals surface area contributed by atoms with E-state index in [4.69, 9.17) is 10.5 Å². The third kappa shape index (κ3) is 5.16. The summed E-state index contributed by atoms with van der Waals surface area (Å²) in [6.07, 6.45) is 0.969. The Morgan fingerprint density at radius 1 is 1.23 bits per heavy atom. The molecule has 2 aromatic carbocycles. The van der Waals surface area contributed by atoms with Crippen LogP contribution in [-0.4, -0.2) is 17.6 Å². The number of hydrogen-bond donors (Lipinski definition) is 3. The first kappa shape index (κ1) is 19.7. The van der Waals surface area contributed by atoms with E-state index in [1.165, 1.54) is 24.3 Å². The second kappa shape index (κ2) is 8.62. The van der Waals surface area contributed by atoms with Crippen LogP contribution in [0.3, 0.4) is 0 Å². The molecule has 0 heterocycles. The van der Waals surface area contributed by atoms with Crippen molar-refractivity contribution in [1.29, 1.82) is 0 Å². The lowest BCUT2D eigenvalue weighted by Crippen LogP contribution is -2.16. The highest BCUT2D eigenvalue weighted by Gasteiger charge is 2.15. The fraction of sp³-hybridized carbons (Fsp3) is 0.316. The van der Waals surface area contributed by atoms with Crippen LogP contribution in [0.15, 0.2) is 30.3 Å². The molecule has 2 rings (SSSR count). The van der Waals surface area contributed by atoms with Gasteiger partial charge in [0.2, 0.25) is 0 Å². The van der Waals surface area contributed by atoms with Crippen molar-refractivity contribution in [1.82, 2.24) is 5.32 Å². The smallest absolute Gasteiger partial charge is 0.252 e. The molecule has 5 nitrogen and oxygen atoms in total. The van der Waals surface area contributed by atoms with E-state index in [1.54, 1.807) is 0 Å². The van der Waals surface area contributed by atoms with Crippen molar-refractivity contribution >= 4 is 5.91 Å². The zero-order valence-electron chi connectivity index (χ0n) is 14.7. The Kier molecular flexibility index (Phi) is 6.52. The van der Waals surface area contributed by atoms with Crippen molar-refractivity contribution < 1.29 is 23.4 Å². The fourth-order valence-corrected chi connectivity index (χ4v) is 2.34. The van der Waals surface area contributed by atoms with Gasteiger partial charge in [0.25, 0.3) is 5.91 Å². The van der Waals surface area contributed by atoms with E-state index in [-0.39, 0.29) is 11.3 Å². The van der Waals surface area contributed by atoms with Crippen molar-refractivity contribution in [2.45, 2.75) is 26.8 Å². The van der Waals surface area contributed by atoms with Gasteiger partial charge in [-0.25, -0.2) is 8.78 Å². The number of nitrogens with one attached hydrogen (secondary N) is 1. The van der Waals surface area contributed by atoms with Crippen LogP contribution in [0, 0.1) is 17.6 Å². The Balaban J connectivity index is 2.10. The van der Waals surface area contributed by atoms with Gasteiger partial charge in [0.1, 0.15) is 11.5 Å². The maximum absolute atomic E-state index is 14.2. The SMILES string of the molecule is CC(C)CCNCc1cc(F)c(Oc2ccc(C(N)=O)c(O)c2)c(F)c1. The Morgan fingerprint density at radius 3 is 2.42 bits per heavy atom. The van der Waals surface area contributed by atoms with Crippen molar-refractivity contribution in [3.05, 3.63) is 53.1 Å². The molecule has 0 aliphatic rings. The Morgan fingerprint density at radius 2 is 1.88 bits per heavy atom. The van der Waals surface area contributed by atoms with Crippen LogP contribution in [0.2, 0.25) is 0 Å². The molecule has 7 heteroatoms. The minimum atomic E-state index is -0.857. The molecule has 4 N–H and O–H groups in total. The molecule has 26 heavy (non-hydrogen) atoms. The summed E-state index contributed by atoms with van der Waals surface area (Å²) in [4.78, 5) is 11.1. The number of hydrogen-bond acceptors (Lipinski definition) is 4. The number of rotatable bonds is 8. The van der Waals surface area contributed by atoms with E-state index in [0.717, 1.165) is 19.0 Å². The monoisotopic (exact) mass is 364 g/mol. The molecule has 0 aliphatic carbocycles. The minimum Gasteiger partial charge on any atom is -0.507 e. The number of halogens is 2. The van der Waals surface area contributed by atoms with E-state index in [0.29, 0.717) is 18.0 Å². The van der Waals surface area contributed by atoms with Crippen LogP contribution in [-0.2, 0) is 6.54 Å². The van der Waals surface area contributed by atoms with Crippen LogP contribution >= 0.6 is 0 Å². The number of aromatic hydroxyl groups is 1. The largest absolute Gasteiger partial charge is 0.507 e. The van der Waals surface area contributed by atoms with E-state index >= 15 is 0 Å². The Labute approximate surface area is 150 Å². The molecule has 2 aromatic rings. The van der Waals surface area contributed by atoms with Gasteiger partial charge >= 0.3 is 0 Å². The molecular formula is C19H22F2N2O3. The molecule has 0 aromatic heterocycles. The maximum Gasteiger partial charge on any atom is 0.252 e. The van der Waals surface area contributed by atoms with Gasteiger partial charge in [0, 0.05) is 12.6 Å². The number of primary amides is 1. The average Bonchev–Trinajstić information content (AvgIpc) is 2.54. The average molecular weight is 364 g/mol. The summed E-state index contributed by atoms with van der Waals surface area (Å²) in [5.74, 6) is -3.02. The normalized spacial score (nSPS) is 11.0. The molecule has 1 amide bonds. The molecule has 0 spiro atoms. The summed E-state index contributed by atoms with van der Waals surface area (Å²) in [6.45, 7) is 5.29. The second-order valence-corrected chi connectivity index (χ2v) is 6.39. The summed E-state index contributed by atoms with van der Waals surface area (Å²) in [5, 5.41) is 12.8. The number of nitrogens with two attached hydrogens (primary N) is 1. The Hall–Kier alpha value is -2.67. The highest BCUT2D eigenvalue weighted by Crippen LogP contribution is 2.31. The molecule has 0 radical (unpaired) electrons. The van der Waals surface area contributed by atoms with Crippen LogP contribution in [0.4, 0.5) is 8.78 Å². The van der Waals surface area contributed by atoms with Crippen LogP contribution in [0.1, 0.15) is 36.2 Å². The van der Waals surface area contributed by atoms with Crippen LogP contribution < -0.4 is 15.8 Å². The van der Waals surface area contributed by atoms with E-state index in [2.05, 4.69) is 19.2 Å². The summed E-state index contributed by atoms with van der Waals surface area (Å²) in [6, 6.07) is 5.97. The summed E-state index contributed by atoms with van der Waals surface area (Å²) >= 11 is 0. The minimum absolute atomic E-state index is 0.0203. The first-order valence-corrected chi connectivity index (χ1v) is 8.27. The van der Waals surface area contributed by atoms with Gasteiger partial charge in [0.15, 0.2) is 17.4 Å². The lowest BCUT2D eigenvalue weighted by molar-refractivity contribution is 0.0997. The summed E-state index contributed by atoms with van der Waals surface area (Å²) in [5.41, 5.74) is 5.43. The van der Waals surface area contributed by atoms with E-state index in [9.17, 15) is 18.7 Å². The number of amides is 1.